The van der Waals surface area contributed by atoms with Crippen molar-refractivity contribution in [2.75, 3.05) is 19.8 Å². The lowest BCUT2D eigenvalue weighted by molar-refractivity contribution is 0.115. The van der Waals surface area contributed by atoms with Crippen LogP contribution in [0.4, 0.5) is 0 Å². The second-order valence-corrected chi connectivity index (χ2v) is 7.76. The largest absolute Gasteiger partial charge is 0.380 e. The van der Waals surface area contributed by atoms with Crippen molar-refractivity contribution in [3.8, 4) is 0 Å². The molecule has 0 saturated heterocycles. The average Bonchev–Trinajstić information content (AvgIpc) is 2.34. The van der Waals surface area contributed by atoms with Gasteiger partial charge in [-0.2, -0.15) is 0 Å². The number of hydrogen-bond donors (Lipinski definition) is 1. The standard InChI is InChI=1S/C18H39NO/c1-17(2,3)18(4,5)13-11-9-7-6-8-10-12-15-20-16-14-19/h6-16,19H2,1-5H3. The SMILES string of the molecule is CC(C)(C)C(C)(C)CCCCCCCCCOCCN. The summed E-state index contributed by atoms with van der Waals surface area (Å²) >= 11 is 0. The molecule has 0 rings (SSSR count). The molecule has 0 saturated carbocycles. The van der Waals surface area contributed by atoms with Crippen LogP contribution in [0, 0.1) is 10.8 Å². The fraction of sp³-hybridized carbons (Fsp3) is 1.00. The molecule has 2 N–H and O–H groups in total. The lowest BCUT2D eigenvalue weighted by Crippen LogP contribution is -2.29. The average molecular weight is 286 g/mol. The second-order valence-electron chi connectivity index (χ2n) is 7.76. The van der Waals surface area contributed by atoms with Gasteiger partial charge < -0.3 is 10.5 Å². The van der Waals surface area contributed by atoms with Gasteiger partial charge in [-0.05, 0) is 23.7 Å². The highest BCUT2D eigenvalue weighted by Gasteiger charge is 2.31. The Morgan fingerprint density at radius 3 is 1.70 bits per heavy atom. The second kappa shape index (κ2) is 10.6. The summed E-state index contributed by atoms with van der Waals surface area (Å²) in [6, 6.07) is 0. The van der Waals surface area contributed by atoms with Crippen LogP contribution >= 0.6 is 0 Å². The Hall–Kier alpha value is -0.0800. The van der Waals surface area contributed by atoms with Gasteiger partial charge in [0.2, 0.25) is 0 Å². The number of rotatable bonds is 12. The summed E-state index contributed by atoms with van der Waals surface area (Å²) in [5, 5.41) is 0. The summed E-state index contributed by atoms with van der Waals surface area (Å²) in [6.45, 7) is 14.1. The van der Waals surface area contributed by atoms with Crippen LogP contribution < -0.4 is 5.73 Å². The van der Waals surface area contributed by atoms with Gasteiger partial charge in [0.1, 0.15) is 0 Å². The zero-order valence-corrected chi connectivity index (χ0v) is 14.8. The Kier molecular flexibility index (Phi) is 10.6. The maximum Gasteiger partial charge on any atom is 0.0588 e. The molecule has 0 aromatic rings. The summed E-state index contributed by atoms with van der Waals surface area (Å²) in [5.41, 5.74) is 6.23. The molecule has 0 radical (unpaired) electrons. The van der Waals surface area contributed by atoms with Gasteiger partial charge >= 0.3 is 0 Å². The molecular formula is C18H39NO. The normalized spacial score (nSPS) is 12.9. The topological polar surface area (TPSA) is 35.2 Å². The van der Waals surface area contributed by atoms with E-state index < -0.39 is 0 Å². The van der Waals surface area contributed by atoms with E-state index in [9.17, 15) is 0 Å². The summed E-state index contributed by atoms with van der Waals surface area (Å²) in [6.07, 6.45) is 10.7. The van der Waals surface area contributed by atoms with Crippen molar-refractivity contribution in [1.29, 1.82) is 0 Å². The van der Waals surface area contributed by atoms with Gasteiger partial charge in [-0.1, -0.05) is 73.1 Å². The van der Waals surface area contributed by atoms with E-state index in [0.29, 0.717) is 24.0 Å². The molecule has 20 heavy (non-hydrogen) atoms. The number of hydrogen-bond acceptors (Lipinski definition) is 2. The maximum atomic E-state index is 5.37. The summed E-state index contributed by atoms with van der Waals surface area (Å²) in [4.78, 5) is 0. The molecule has 2 heteroatoms. The lowest BCUT2D eigenvalue weighted by atomic mass is 9.67. The number of ether oxygens (including phenoxy) is 1. The molecule has 0 aliphatic carbocycles. The molecule has 0 aromatic carbocycles. The first-order valence-corrected chi connectivity index (χ1v) is 8.59. The van der Waals surface area contributed by atoms with E-state index in [2.05, 4.69) is 34.6 Å². The lowest BCUT2D eigenvalue weighted by Gasteiger charge is -2.39. The molecule has 122 valence electrons. The van der Waals surface area contributed by atoms with E-state index in [1.165, 1.54) is 51.4 Å². The number of unbranched alkanes of at least 4 members (excludes halogenated alkanes) is 6. The smallest absolute Gasteiger partial charge is 0.0588 e. The third-order valence-corrected chi connectivity index (χ3v) is 4.88. The van der Waals surface area contributed by atoms with Crippen LogP contribution in [-0.2, 0) is 4.74 Å². The van der Waals surface area contributed by atoms with Crippen molar-refractivity contribution in [2.24, 2.45) is 16.6 Å². The quantitative estimate of drug-likeness (QED) is 0.503. The molecule has 0 fully saturated rings. The molecule has 0 bridgehead atoms. The third kappa shape index (κ3) is 9.77. The van der Waals surface area contributed by atoms with E-state index in [1.807, 2.05) is 0 Å². The highest BCUT2D eigenvalue weighted by Crippen LogP contribution is 2.41. The molecule has 0 amide bonds. The Morgan fingerprint density at radius 2 is 1.20 bits per heavy atom. The zero-order chi connectivity index (χ0) is 15.5. The van der Waals surface area contributed by atoms with E-state index in [1.54, 1.807) is 0 Å². The Morgan fingerprint density at radius 1 is 0.700 bits per heavy atom. The predicted octanol–water partition coefficient (Wildman–Crippen LogP) is 5.15. The molecule has 0 aromatic heterocycles. The molecule has 0 aliphatic rings. The maximum absolute atomic E-state index is 5.37. The minimum atomic E-state index is 0.413. The first-order valence-electron chi connectivity index (χ1n) is 8.59. The Balaban J connectivity index is 3.33. The van der Waals surface area contributed by atoms with E-state index in [4.69, 9.17) is 10.5 Å². The zero-order valence-electron chi connectivity index (χ0n) is 14.8. The van der Waals surface area contributed by atoms with Gasteiger partial charge in [-0.15, -0.1) is 0 Å². The van der Waals surface area contributed by atoms with Gasteiger partial charge in [0.05, 0.1) is 6.61 Å². The van der Waals surface area contributed by atoms with Crippen LogP contribution in [-0.4, -0.2) is 19.8 Å². The van der Waals surface area contributed by atoms with Crippen LogP contribution in [0.25, 0.3) is 0 Å². The van der Waals surface area contributed by atoms with E-state index in [0.717, 1.165) is 6.61 Å². The first-order chi connectivity index (χ1) is 9.31. The summed E-state index contributed by atoms with van der Waals surface area (Å²) in [7, 11) is 0. The van der Waals surface area contributed by atoms with Crippen molar-refractivity contribution < 1.29 is 4.74 Å². The monoisotopic (exact) mass is 285 g/mol. The van der Waals surface area contributed by atoms with Crippen molar-refractivity contribution in [1.82, 2.24) is 0 Å². The van der Waals surface area contributed by atoms with Gasteiger partial charge in [-0.25, -0.2) is 0 Å². The van der Waals surface area contributed by atoms with E-state index >= 15 is 0 Å². The van der Waals surface area contributed by atoms with Crippen molar-refractivity contribution in [3.05, 3.63) is 0 Å². The van der Waals surface area contributed by atoms with Gasteiger partial charge in [0.15, 0.2) is 0 Å². The molecule has 0 unspecified atom stereocenters. The van der Waals surface area contributed by atoms with Gasteiger partial charge in [0, 0.05) is 13.2 Å². The Labute approximate surface area is 127 Å². The minimum Gasteiger partial charge on any atom is -0.380 e. The van der Waals surface area contributed by atoms with Gasteiger partial charge in [-0.3, -0.25) is 0 Å². The fourth-order valence-electron chi connectivity index (χ4n) is 2.22. The highest BCUT2D eigenvalue weighted by molar-refractivity contribution is 4.81. The summed E-state index contributed by atoms with van der Waals surface area (Å²) in [5.74, 6) is 0. The third-order valence-electron chi connectivity index (χ3n) is 4.88. The van der Waals surface area contributed by atoms with E-state index in [-0.39, 0.29) is 0 Å². The number of nitrogens with two attached hydrogens (primary N) is 1. The molecular weight excluding hydrogens is 246 g/mol. The molecule has 2 nitrogen and oxygen atoms in total. The van der Waals surface area contributed by atoms with Crippen LogP contribution in [0.5, 0.6) is 0 Å². The molecule has 0 spiro atoms. The van der Waals surface area contributed by atoms with Gasteiger partial charge in [0.25, 0.3) is 0 Å². The van der Waals surface area contributed by atoms with Crippen LogP contribution in [0.1, 0.15) is 86.0 Å². The van der Waals surface area contributed by atoms with Crippen LogP contribution in [0.15, 0.2) is 0 Å². The van der Waals surface area contributed by atoms with Crippen LogP contribution in [0.3, 0.4) is 0 Å². The van der Waals surface area contributed by atoms with Crippen molar-refractivity contribution >= 4 is 0 Å². The molecule has 0 aliphatic heterocycles. The minimum absolute atomic E-state index is 0.413. The molecule has 0 atom stereocenters. The predicted molar refractivity (Wildman–Crippen MR) is 90.0 cm³/mol. The molecule has 0 heterocycles. The summed E-state index contributed by atoms with van der Waals surface area (Å²) < 4.78 is 5.37. The highest BCUT2D eigenvalue weighted by atomic mass is 16.5. The Bertz CT molecular complexity index is 218. The fourth-order valence-corrected chi connectivity index (χ4v) is 2.22. The first kappa shape index (κ1) is 19.9. The van der Waals surface area contributed by atoms with Crippen molar-refractivity contribution in [2.45, 2.75) is 86.0 Å². The van der Waals surface area contributed by atoms with Crippen LogP contribution in [0.2, 0.25) is 0 Å². The van der Waals surface area contributed by atoms with Crippen molar-refractivity contribution in [3.63, 3.8) is 0 Å².